The normalized spacial score (nSPS) is 12.8. The fourth-order valence-electron chi connectivity index (χ4n) is 1.47. The first-order chi connectivity index (χ1) is 8.66. The summed E-state index contributed by atoms with van der Waals surface area (Å²) in [6.07, 6.45) is 1.49. The molecule has 0 amide bonds. The van der Waals surface area contributed by atoms with Gasteiger partial charge in [-0.15, -0.1) is 0 Å². The van der Waals surface area contributed by atoms with Gasteiger partial charge in [0, 0.05) is 5.56 Å². The van der Waals surface area contributed by atoms with Gasteiger partial charge in [0.1, 0.15) is 17.2 Å². The Hall–Kier alpha value is -1.65. The predicted molar refractivity (Wildman–Crippen MR) is 71.6 cm³/mol. The lowest BCUT2D eigenvalue weighted by molar-refractivity contribution is 0.596. The molecule has 0 aliphatic rings. The van der Waals surface area contributed by atoms with Crippen molar-refractivity contribution in [2.45, 2.75) is 11.8 Å². The summed E-state index contributed by atoms with van der Waals surface area (Å²) in [7, 11) is 0. The minimum atomic E-state index is -1.43. The van der Waals surface area contributed by atoms with Crippen LogP contribution in [0.4, 0.5) is 4.39 Å². The molecule has 0 aliphatic carbocycles. The van der Waals surface area contributed by atoms with E-state index in [0.29, 0.717) is 4.90 Å². The van der Waals surface area contributed by atoms with Gasteiger partial charge in [0.05, 0.1) is 6.21 Å². The van der Waals surface area contributed by atoms with E-state index in [4.69, 9.17) is 0 Å². The quantitative estimate of drug-likeness (QED) is 0.617. The summed E-state index contributed by atoms with van der Waals surface area (Å²) in [5.41, 5.74) is 1.66. The summed E-state index contributed by atoms with van der Waals surface area (Å²) >= 11 is -1.43. The van der Waals surface area contributed by atoms with Crippen LogP contribution in [0.2, 0.25) is 0 Å². The smallest absolute Gasteiger partial charge is 0.185 e. The third-order valence-corrected chi connectivity index (χ3v) is 3.58. The molecule has 0 heterocycles. The molecular formula is C14H12FNOS. The van der Waals surface area contributed by atoms with E-state index >= 15 is 0 Å². The molecular weight excluding hydrogens is 249 g/mol. The molecule has 2 aromatic carbocycles. The van der Waals surface area contributed by atoms with Gasteiger partial charge in [-0.1, -0.05) is 34.7 Å². The zero-order chi connectivity index (χ0) is 13.0. The minimum absolute atomic E-state index is 0.299. The van der Waals surface area contributed by atoms with Gasteiger partial charge in [0.15, 0.2) is 4.90 Å². The maximum absolute atomic E-state index is 12.7. The van der Waals surface area contributed by atoms with Gasteiger partial charge in [-0.25, -0.2) is 4.39 Å². The number of aryl methyl sites for hydroxylation is 1. The molecule has 0 spiro atoms. The van der Waals surface area contributed by atoms with Crippen LogP contribution in [0.15, 0.2) is 57.8 Å². The number of hydrogen-bond acceptors (Lipinski definition) is 2. The van der Waals surface area contributed by atoms with Crippen molar-refractivity contribution in [3.05, 3.63) is 65.5 Å². The molecule has 2 rings (SSSR count). The van der Waals surface area contributed by atoms with E-state index in [1.54, 1.807) is 18.2 Å². The highest BCUT2D eigenvalue weighted by molar-refractivity contribution is 7.90. The maximum Gasteiger partial charge on any atom is 0.185 e. The second kappa shape index (κ2) is 5.80. The third kappa shape index (κ3) is 3.18. The van der Waals surface area contributed by atoms with Crippen molar-refractivity contribution in [2.75, 3.05) is 0 Å². The first-order valence-corrected chi connectivity index (χ1v) is 6.54. The zero-order valence-electron chi connectivity index (χ0n) is 9.84. The summed E-state index contributed by atoms with van der Waals surface area (Å²) in [6.45, 7) is 1.89. The Morgan fingerprint density at radius 3 is 2.44 bits per heavy atom. The van der Waals surface area contributed by atoms with Crippen molar-refractivity contribution >= 4 is 17.6 Å². The molecule has 1 atom stereocenters. The van der Waals surface area contributed by atoms with Gasteiger partial charge >= 0.3 is 0 Å². The molecule has 18 heavy (non-hydrogen) atoms. The van der Waals surface area contributed by atoms with Crippen LogP contribution in [0, 0.1) is 12.7 Å². The summed E-state index contributed by atoms with van der Waals surface area (Å²) in [4.78, 5) is 0.691. The van der Waals surface area contributed by atoms with Gasteiger partial charge in [-0.05, 0) is 30.7 Å². The average Bonchev–Trinajstić information content (AvgIpc) is 2.38. The van der Waals surface area contributed by atoms with Crippen molar-refractivity contribution < 1.29 is 8.94 Å². The van der Waals surface area contributed by atoms with E-state index < -0.39 is 11.4 Å². The minimum Gasteiger partial charge on any atom is -0.586 e. The molecule has 0 radical (unpaired) electrons. The van der Waals surface area contributed by atoms with E-state index in [0.717, 1.165) is 11.1 Å². The van der Waals surface area contributed by atoms with Crippen LogP contribution in [0.1, 0.15) is 11.1 Å². The molecule has 0 fully saturated rings. The second-order valence-corrected chi connectivity index (χ2v) is 4.95. The molecule has 0 aliphatic heterocycles. The topological polar surface area (TPSA) is 35.4 Å². The van der Waals surface area contributed by atoms with Crippen molar-refractivity contribution in [1.29, 1.82) is 0 Å². The van der Waals surface area contributed by atoms with Crippen LogP contribution in [0.5, 0.6) is 0 Å². The zero-order valence-corrected chi connectivity index (χ0v) is 10.7. The monoisotopic (exact) mass is 261 g/mol. The molecule has 2 nitrogen and oxygen atoms in total. The number of benzene rings is 2. The lowest BCUT2D eigenvalue weighted by Gasteiger charge is -2.04. The van der Waals surface area contributed by atoms with Crippen LogP contribution in [-0.4, -0.2) is 10.8 Å². The predicted octanol–water partition coefficient (Wildman–Crippen LogP) is 3.28. The van der Waals surface area contributed by atoms with Gasteiger partial charge in [-0.3, -0.25) is 0 Å². The second-order valence-electron chi connectivity index (χ2n) is 3.80. The molecule has 0 saturated carbocycles. The molecule has 1 unspecified atom stereocenters. The molecule has 92 valence electrons. The fourth-order valence-corrected chi connectivity index (χ4v) is 2.34. The highest BCUT2D eigenvalue weighted by Gasteiger charge is 2.11. The number of rotatable bonds is 3. The SMILES string of the molecule is Cc1ccccc1[S+]([O-])N=Cc1ccc(F)cc1. The molecule has 2 aromatic rings. The maximum atomic E-state index is 12.7. The van der Waals surface area contributed by atoms with Gasteiger partial charge in [0.2, 0.25) is 0 Å². The Balaban J connectivity index is 2.14. The standard InChI is InChI=1S/C14H12FNOS/c1-11-4-2-3-5-14(11)18(17)16-10-12-6-8-13(15)9-7-12/h2-10H,1H3. The van der Waals surface area contributed by atoms with Crippen LogP contribution < -0.4 is 0 Å². The van der Waals surface area contributed by atoms with Gasteiger partial charge < -0.3 is 4.55 Å². The molecule has 0 saturated heterocycles. The molecule has 0 aromatic heterocycles. The van der Waals surface area contributed by atoms with Crippen molar-refractivity contribution in [3.8, 4) is 0 Å². The van der Waals surface area contributed by atoms with Crippen LogP contribution in [0.25, 0.3) is 0 Å². The molecule has 0 bridgehead atoms. The summed E-state index contributed by atoms with van der Waals surface area (Å²) in [5, 5.41) is 0. The Labute approximate surface area is 109 Å². The Kier molecular flexibility index (Phi) is 4.12. The first-order valence-electron chi connectivity index (χ1n) is 5.44. The van der Waals surface area contributed by atoms with E-state index in [2.05, 4.69) is 4.40 Å². The fraction of sp³-hybridized carbons (Fsp3) is 0.0714. The largest absolute Gasteiger partial charge is 0.586 e. The summed E-state index contributed by atoms with van der Waals surface area (Å²) in [6, 6.07) is 13.3. The first kappa shape index (κ1) is 12.8. The molecule has 4 heteroatoms. The van der Waals surface area contributed by atoms with E-state index in [9.17, 15) is 8.94 Å². The van der Waals surface area contributed by atoms with Gasteiger partial charge in [-0.2, -0.15) is 0 Å². The van der Waals surface area contributed by atoms with E-state index in [1.807, 2.05) is 25.1 Å². The number of nitrogens with zero attached hydrogens (tertiary/aromatic N) is 1. The average molecular weight is 261 g/mol. The lowest BCUT2D eigenvalue weighted by atomic mass is 10.2. The highest BCUT2D eigenvalue weighted by Crippen LogP contribution is 2.16. The van der Waals surface area contributed by atoms with Crippen LogP contribution in [-0.2, 0) is 11.4 Å². The highest BCUT2D eigenvalue weighted by atomic mass is 32.2. The summed E-state index contributed by atoms with van der Waals surface area (Å²) < 4.78 is 28.6. The van der Waals surface area contributed by atoms with Crippen LogP contribution >= 0.6 is 0 Å². The van der Waals surface area contributed by atoms with E-state index in [-0.39, 0.29) is 5.82 Å². The summed E-state index contributed by atoms with van der Waals surface area (Å²) in [5.74, 6) is -0.299. The Morgan fingerprint density at radius 1 is 1.11 bits per heavy atom. The van der Waals surface area contributed by atoms with Crippen molar-refractivity contribution in [1.82, 2.24) is 0 Å². The lowest BCUT2D eigenvalue weighted by Crippen LogP contribution is -2.00. The van der Waals surface area contributed by atoms with Crippen molar-refractivity contribution in [2.24, 2.45) is 4.40 Å². The Bertz CT molecular complexity index is 554. The third-order valence-electron chi connectivity index (χ3n) is 2.45. The van der Waals surface area contributed by atoms with Crippen LogP contribution in [0.3, 0.4) is 0 Å². The number of halogens is 1. The van der Waals surface area contributed by atoms with Crippen molar-refractivity contribution in [3.63, 3.8) is 0 Å². The van der Waals surface area contributed by atoms with E-state index in [1.165, 1.54) is 18.3 Å². The number of hydrogen-bond donors (Lipinski definition) is 0. The molecule has 0 N–H and O–H groups in total. The van der Waals surface area contributed by atoms with Gasteiger partial charge in [0.25, 0.3) is 0 Å². The Morgan fingerprint density at radius 2 is 1.78 bits per heavy atom.